The van der Waals surface area contributed by atoms with E-state index < -0.39 is 27.6 Å². The zero-order valence-electron chi connectivity index (χ0n) is 18.3. The van der Waals surface area contributed by atoms with Gasteiger partial charge in [-0.05, 0) is 57.9 Å². The standard InChI is InChI=1S/C20H29F3N4O5S/c1-13-18(19(26-12-25-13)31-10-9-28)14-4-6-15(7-5-14)32-11-17-16(3-2-8-24-17)27-33(29,30)20(21,22)23/h9,12,14-17,24,27H,2-8,10-11H2,1H3/t14-,15+,16-,17-/m0/s1. The lowest BCUT2D eigenvalue weighted by Gasteiger charge is -2.35. The number of alkyl halides is 3. The fraction of sp³-hybridized carbons (Fsp3) is 0.750. The number of aldehydes is 1. The van der Waals surface area contributed by atoms with Crippen molar-refractivity contribution in [2.24, 2.45) is 0 Å². The molecule has 2 N–H and O–H groups in total. The van der Waals surface area contributed by atoms with Crippen molar-refractivity contribution in [2.75, 3.05) is 19.8 Å². The Balaban J connectivity index is 1.55. The Labute approximate surface area is 190 Å². The normalized spacial score (nSPS) is 26.7. The lowest BCUT2D eigenvalue weighted by Crippen LogP contribution is -2.57. The number of aryl methyl sites for hydroxylation is 1. The molecule has 33 heavy (non-hydrogen) atoms. The first kappa shape index (κ1) is 25.8. The summed E-state index contributed by atoms with van der Waals surface area (Å²) < 4.78 is 74.5. The summed E-state index contributed by atoms with van der Waals surface area (Å²) >= 11 is 0. The SMILES string of the molecule is Cc1ncnc(OCC=O)c1[C@H]1CC[C@@H](OC[C@@H]2NCCC[C@@H]2NS(=O)(=O)C(F)(F)F)CC1. The van der Waals surface area contributed by atoms with Crippen LogP contribution in [0.15, 0.2) is 6.33 Å². The number of aromatic nitrogens is 2. The van der Waals surface area contributed by atoms with Crippen LogP contribution in [0.3, 0.4) is 0 Å². The van der Waals surface area contributed by atoms with Gasteiger partial charge in [-0.2, -0.15) is 13.2 Å². The predicted octanol–water partition coefficient (Wildman–Crippen LogP) is 1.97. The average molecular weight is 495 g/mol. The van der Waals surface area contributed by atoms with E-state index in [0.717, 1.165) is 36.9 Å². The Hall–Kier alpha value is -1.83. The van der Waals surface area contributed by atoms with Crippen molar-refractivity contribution in [3.63, 3.8) is 0 Å². The van der Waals surface area contributed by atoms with E-state index in [9.17, 15) is 26.4 Å². The predicted molar refractivity (Wildman–Crippen MR) is 112 cm³/mol. The summed E-state index contributed by atoms with van der Waals surface area (Å²) in [5, 5.41) is 3.07. The number of hydrogen-bond acceptors (Lipinski definition) is 8. The summed E-state index contributed by atoms with van der Waals surface area (Å²) in [6.07, 6.45) is 5.84. The van der Waals surface area contributed by atoms with Gasteiger partial charge < -0.3 is 14.8 Å². The first-order valence-electron chi connectivity index (χ1n) is 10.9. The molecule has 2 fully saturated rings. The Morgan fingerprint density at radius 3 is 2.61 bits per heavy atom. The van der Waals surface area contributed by atoms with Crippen LogP contribution in [0.25, 0.3) is 0 Å². The van der Waals surface area contributed by atoms with Crippen molar-refractivity contribution in [1.82, 2.24) is 20.0 Å². The summed E-state index contributed by atoms with van der Waals surface area (Å²) in [7, 11) is -5.42. The Kier molecular flexibility index (Phi) is 8.65. The molecule has 1 saturated carbocycles. The molecular weight excluding hydrogens is 465 g/mol. The van der Waals surface area contributed by atoms with Crippen LogP contribution in [-0.2, 0) is 19.6 Å². The number of sulfonamides is 1. The number of hydrogen-bond donors (Lipinski definition) is 2. The third-order valence-electron chi connectivity index (χ3n) is 6.12. The molecule has 1 aromatic heterocycles. The Bertz CT molecular complexity index is 907. The van der Waals surface area contributed by atoms with Crippen LogP contribution in [0.5, 0.6) is 5.88 Å². The summed E-state index contributed by atoms with van der Waals surface area (Å²) in [6.45, 7) is 2.48. The van der Waals surface area contributed by atoms with E-state index in [1.807, 2.05) is 6.92 Å². The fourth-order valence-electron chi connectivity index (χ4n) is 4.45. The van der Waals surface area contributed by atoms with Crippen LogP contribution >= 0.6 is 0 Å². The van der Waals surface area contributed by atoms with E-state index in [1.165, 1.54) is 6.33 Å². The minimum absolute atomic E-state index is 0.0877. The van der Waals surface area contributed by atoms with Crippen molar-refractivity contribution in [2.45, 2.75) is 75.1 Å². The molecule has 0 amide bonds. The van der Waals surface area contributed by atoms with Gasteiger partial charge in [0.15, 0.2) is 6.29 Å². The van der Waals surface area contributed by atoms with Crippen LogP contribution in [0.4, 0.5) is 13.2 Å². The molecule has 1 aliphatic heterocycles. The molecule has 0 spiro atoms. The Morgan fingerprint density at radius 1 is 1.21 bits per heavy atom. The maximum Gasteiger partial charge on any atom is 0.511 e. The number of halogens is 3. The third-order valence-corrected chi connectivity index (χ3v) is 7.35. The minimum Gasteiger partial charge on any atom is -0.470 e. The quantitative estimate of drug-likeness (QED) is 0.500. The summed E-state index contributed by atoms with van der Waals surface area (Å²) in [5.41, 5.74) is -3.67. The van der Waals surface area contributed by atoms with E-state index in [4.69, 9.17) is 9.47 Å². The van der Waals surface area contributed by atoms with Crippen molar-refractivity contribution >= 4 is 16.3 Å². The van der Waals surface area contributed by atoms with Gasteiger partial charge in [0.1, 0.15) is 12.9 Å². The second-order valence-electron chi connectivity index (χ2n) is 8.34. The van der Waals surface area contributed by atoms with Crippen molar-refractivity contribution < 1.29 is 35.9 Å². The lowest BCUT2D eigenvalue weighted by molar-refractivity contribution is -0.109. The number of nitrogens with one attached hydrogen (secondary N) is 2. The molecule has 3 rings (SSSR count). The fourth-order valence-corrected chi connectivity index (χ4v) is 5.27. The van der Waals surface area contributed by atoms with Gasteiger partial charge in [0, 0.05) is 23.3 Å². The van der Waals surface area contributed by atoms with Gasteiger partial charge >= 0.3 is 15.5 Å². The zero-order valence-corrected chi connectivity index (χ0v) is 19.1. The van der Waals surface area contributed by atoms with Gasteiger partial charge in [0.25, 0.3) is 0 Å². The van der Waals surface area contributed by atoms with Gasteiger partial charge in [-0.3, -0.25) is 4.79 Å². The molecule has 1 saturated heterocycles. The highest BCUT2D eigenvalue weighted by Crippen LogP contribution is 2.38. The molecular formula is C20H29F3N4O5S. The number of carbonyl (C=O) groups is 1. The van der Waals surface area contributed by atoms with Crippen LogP contribution in [0, 0.1) is 6.92 Å². The summed E-state index contributed by atoms with van der Waals surface area (Å²) in [6, 6.07) is -1.43. The van der Waals surface area contributed by atoms with Crippen molar-refractivity contribution in [1.29, 1.82) is 0 Å². The topological polar surface area (TPSA) is 120 Å². The number of ether oxygens (including phenoxy) is 2. The molecule has 0 radical (unpaired) electrons. The maximum atomic E-state index is 12.8. The smallest absolute Gasteiger partial charge is 0.470 e. The van der Waals surface area contributed by atoms with Gasteiger partial charge in [0.2, 0.25) is 5.88 Å². The molecule has 186 valence electrons. The minimum atomic E-state index is -5.42. The number of carbonyl (C=O) groups excluding carboxylic acids is 1. The molecule has 2 aliphatic rings. The van der Waals surface area contributed by atoms with Crippen LogP contribution in [-0.4, -0.2) is 68.1 Å². The van der Waals surface area contributed by atoms with Crippen LogP contribution in [0.2, 0.25) is 0 Å². The highest BCUT2D eigenvalue weighted by molar-refractivity contribution is 7.90. The molecule has 0 bridgehead atoms. The third kappa shape index (κ3) is 6.61. The van der Waals surface area contributed by atoms with Crippen molar-refractivity contribution in [3.05, 3.63) is 17.6 Å². The van der Waals surface area contributed by atoms with Crippen LogP contribution in [0.1, 0.15) is 55.7 Å². The molecule has 1 aromatic rings. The largest absolute Gasteiger partial charge is 0.511 e. The van der Waals surface area contributed by atoms with Gasteiger partial charge in [-0.15, -0.1) is 0 Å². The van der Waals surface area contributed by atoms with Crippen LogP contribution < -0.4 is 14.8 Å². The second-order valence-corrected chi connectivity index (χ2v) is 10.0. The first-order chi connectivity index (χ1) is 15.6. The molecule has 2 atom stereocenters. The van der Waals surface area contributed by atoms with E-state index in [0.29, 0.717) is 31.6 Å². The lowest BCUT2D eigenvalue weighted by atomic mass is 9.82. The summed E-state index contributed by atoms with van der Waals surface area (Å²) in [4.78, 5) is 19.1. The van der Waals surface area contributed by atoms with E-state index in [-0.39, 0.29) is 25.2 Å². The zero-order chi connectivity index (χ0) is 24.1. The van der Waals surface area contributed by atoms with Crippen molar-refractivity contribution in [3.8, 4) is 5.88 Å². The highest BCUT2D eigenvalue weighted by atomic mass is 32.2. The molecule has 1 aliphatic carbocycles. The van der Waals surface area contributed by atoms with Gasteiger partial charge in [-0.1, -0.05) is 0 Å². The monoisotopic (exact) mass is 494 g/mol. The maximum absolute atomic E-state index is 12.8. The second kappa shape index (κ2) is 11.1. The summed E-state index contributed by atoms with van der Waals surface area (Å²) in [5.74, 6) is 0.553. The number of nitrogens with zero attached hydrogens (tertiary/aromatic N) is 2. The molecule has 0 aromatic carbocycles. The van der Waals surface area contributed by atoms with E-state index in [2.05, 4.69) is 15.3 Å². The molecule has 9 nitrogen and oxygen atoms in total. The van der Waals surface area contributed by atoms with E-state index in [1.54, 1.807) is 4.72 Å². The highest BCUT2D eigenvalue weighted by Gasteiger charge is 2.47. The van der Waals surface area contributed by atoms with Gasteiger partial charge in [-0.25, -0.2) is 23.1 Å². The number of piperidine rings is 1. The molecule has 0 unspecified atom stereocenters. The van der Waals surface area contributed by atoms with Gasteiger partial charge in [0.05, 0.1) is 12.7 Å². The Morgan fingerprint density at radius 2 is 1.94 bits per heavy atom. The molecule has 13 heteroatoms. The first-order valence-corrected chi connectivity index (χ1v) is 12.4. The van der Waals surface area contributed by atoms with E-state index >= 15 is 0 Å². The molecule has 2 heterocycles. The average Bonchev–Trinajstić information content (AvgIpc) is 2.76. The number of rotatable bonds is 9.